The van der Waals surface area contributed by atoms with Crippen LogP contribution in [0.4, 0.5) is 0 Å². The molecular formula is C16H20N4O4S. The molecule has 2 aromatic rings. The predicted molar refractivity (Wildman–Crippen MR) is 90.6 cm³/mol. The summed E-state index contributed by atoms with van der Waals surface area (Å²) in [5.41, 5.74) is 1.15. The summed E-state index contributed by atoms with van der Waals surface area (Å²) in [5, 5.41) is 2.85. The fourth-order valence-electron chi connectivity index (χ4n) is 2.55. The highest BCUT2D eigenvalue weighted by Gasteiger charge is 2.20. The van der Waals surface area contributed by atoms with Gasteiger partial charge in [0, 0.05) is 37.0 Å². The van der Waals surface area contributed by atoms with Gasteiger partial charge in [0.1, 0.15) is 0 Å². The van der Waals surface area contributed by atoms with Crippen LogP contribution in [-0.4, -0.2) is 50.1 Å². The second-order valence-electron chi connectivity index (χ2n) is 5.79. The number of carbonyl (C=O) groups excluding carboxylic acids is 1. The maximum Gasteiger partial charge on any atom is 0.251 e. The zero-order valence-electron chi connectivity index (χ0n) is 13.6. The number of rotatable bonds is 7. The summed E-state index contributed by atoms with van der Waals surface area (Å²) in [6.45, 7) is 1.35. The van der Waals surface area contributed by atoms with Crippen molar-refractivity contribution in [1.29, 1.82) is 0 Å². The van der Waals surface area contributed by atoms with Crippen molar-refractivity contribution in [1.82, 2.24) is 20.0 Å². The Balaban J connectivity index is 1.63. The molecule has 1 atom stereocenters. The van der Waals surface area contributed by atoms with Gasteiger partial charge in [-0.25, -0.2) is 18.1 Å². The normalized spacial score (nSPS) is 17.5. The molecule has 1 aliphatic rings. The number of imidazole rings is 1. The van der Waals surface area contributed by atoms with Gasteiger partial charge < -0.3 is 15.0 Å². The molecule has 0 saturated carbocycles. The molecule has 3 rings (SSSR count). The number of benzene rings is 1. The van der Waals surface area contributed by atoms with Crippen molar-refractivity contribution in [3.63, 3.8) is 0 Å². The molecular weight excluding hydrogens is 344 g/mol. The van der Waals surface area contributed by atoms with Crippen molar-refractivity contribution in [3.8, 4) is 0 Å². The number of nitrogens with one attached hydrogen (secondary N) is 3. The van der Waals surface area contributed by atoms with E-state index in [1.165, 1.54) is 12.1 Å². The van der Waals surface area contributed by atoms with Crippen molar-refractivity contribution in [2.75, 3.05) is 19.8 Å². The molecule has 3 N–H and O–H groups in total. The van der Waals surface area contributed by atoms with Gasteiger partial charge in [-0.2, -0.15) is 0 Å². The molecule has 134 valence electrons. The molecule has 1 aliphatic heterocycles. The molecule has 1 saturated heterocycles. The minimum Gasteiger partial charge on any atom is -0.379 e. The summed E-state index contributed by atoms with van der Waals surface area (Å²) >= 11 is 0. The Morgan fingerprint density at radius 3 is 3.00 bits per heavy atom. The van der Waals surface area contributed by atoms with Crippen molar-refractivity contribution in [2.24, 2.45) is 0 Å². The first kappa shape index (κ1) is 17.6. The van der Waals surface area contributed by atoms with Crippen LogP contribution in [0, 0.1) is 0 Å². The summed E-state index contributed by atoms with van der Waals surface area (Å²) in [7, 11) is -3.69. The number of hydrogen-bond donors (Lipinski definition) is 3. The van der Waals surface area contributed by atoms with Gasteiger partial charge in [-0.3, -0.25) is 4.79 Å². The standard InChI is InChI=1S/C16H20N4O4S/c21-16(20-14-5-7-24-10-14)12-2-1-3-15(8-12)25(22,23)19-6-4-13-9-17-11-18-13/h1-3,8-9,11,14,19H,4-7,10H2,(H,17,18)(H,20,21). The van der Waals surface area contributed by atoms with Crippen LogP contribution in [-0.2, 0) is 21.2 Å². The highest BCUT2D eigenvalue weighted by molar-refractivity contribution is 7.89. The van der Waals surface area contributed by atoms with Crippen LogP contribution < -0.4 is 10.0 Å². The van der Waals surface area contributed by atoms with E-state index in [0.29, 0.717) is 25.2 Å². The van der Waals surface area contributed by atoms with E-state index in [2.05, 4.69) is 20.0 Å². The number of aromatic nitrogens is 2. The summed E-state index contributed by atoms with van der Waals surface area (Å²) in [5.74, 6) is -0.301. The molecule has 1 fully saturated rings. The van der Waals surface area contributed by atoms with Crippen molar-refractivity contribution < 1.29 is 17.9 Å². The minimum absolute atomic E-state index is 0.0275. The van der Waals surface area contributed by atoms with Crippen molar-refractivity contribution >= 4 is 15.9 Å². The maximum absolute atomic E-state index is 12.4. The van der Waals surface area contributed by atoms with E-state index in [9.17, 15) is 13.2 Å². The maximum atomic E-state index is 12.4. The van der Waals surface area contributed by atoms with Crippen LogP contribution in [0.15, 0.2) is 41.7 Å². The van der Waals surface area contributed by atoms with Crippen LogP contribution in [0.3, 0.4) is 0 Å². The van der Waals surface area contributed by atoms with Gasteiger partial charge in [0.15, 0.2) is 0 Å². The minimum atomic E-state index is -3.69. The lowest BCUT2D eigenvalue weighted by Crippen LogP contribution is -2.35. The third kappa shape index (κ3) is 4.65. The highest BCUT2D eigenvalue weighted by Crippen LogP contribution is 2.13. The predicted octanol–water partition coefficient (Wildman–Crippen LogP) is 0.449. The van der Waals surface area contributed by atoms with Gasteiger partial charge >= 0.3 is 0 Å². The van der Waals surface area contributed by atoms with Gasteiger partial charge in [0.2, 0.25) is 10.0 Å². The molecule has 0 bridgehead atoms. The smallest absolute Gasteiger partial charge is 0.251 e. The molecule has 8 nitrogen and oxygen atoms in total. The van der Waals surface area contributed by atoms with Gasteiger partial charge in [-0.1, -0.05) is 6.07 Å². The first-order valence-corrected chi connectivity index (χ1v) is 9.48. The first-order chi connectivity index (χ1) is 12.0. The Labute approximate surface area is 146 Å². The number of ether oxygens (including phenoxy) is 1. The first-order valence-electron chi connectivity index (χ1n) is 8.00. The van der Waals surface area contributed by atoms with E-state index < -0.39 is 10.0 Å². The lowest BCUT2D eigenvalue weighted by atomic mass is 10.2. The van der Waals surface area contributed by atoms with E-state index in [1.54, 1.807) is 24.7 Å². The van der Waals surface area contributed by atoms with Crippen LogP contribution in [0.25, 0.3) is 0 Å². The topological polar surface area (TPSA) is 113 Å². The Morgan fingerprint density at radius 1 is 1.40 bits per heavy atom. The fourth-order valence-corrected chi connectivity index (χ4v) is 3.62. The van der Waals surface area contributed by atoms with E-state index in [4.69, 9.17) is 4.74 Å². The van der Waals surface area contributed by atoms with Gasteiger partial charge in [0.25, 0.3) is 5.91 Å². The molecule has 1 aromatic carbocycles. The molecule has 0 radical (unpaired) electrons. The number of nitrogens with zero attached hydrogens (tertiary/aromatic N) is 1. The quantitative estimate of drug-likeness (QED) is 0.660. The summed E-state index contributed by atoms with van der Waals surface area (Å²) in [6.07, 6.45) is 4.45. The van der Waals surface area contributed by atoms with E-state index in [1.807, 2.05) is 0 Å². The SMILES string of the molecule is O=C(NC1CCOC1)c1cccc(S(=O)(=O)NCCc2cnc[nH]2)c1. The Morgan fingerprint density at radius 2 is 2.28 bits per heavy atom. The largest absolute Gasteiger partial charge is 0.379 e. The van der Waals surface area contributed by atoms with Crippen LogP contribution >= 0.6 is 0 Å². The average molecular weight is 364 g/mol. The second-order valence-corrected chi connectivity index (χ2v) is 7.55. The Bertz CT molecular complexity index is 814. The van der Waals surface area contributed by atoms with E-state index >= 15 is 0 Å². The summed E-state index contributed by atoms with van der Waals surface area (Å²) < 4.78 is 32.5. The van der Waals surface area contributed by atoms with Crippen molar-refractivity contribution in [2.45, 2.75) is 23.8 Å². The third-order valence-corrected chi connectivity index (χ3v) is 5.37. The highest BCUT2D eigenvalue weighted by atomic mass is 32.2. The lowest BCUT2D eigenvalue weighted by molar-refractivity contribution is 0.0929. The molecule has 0 spiro atoms. The number of carbonyl (C=O) groups is 1. The fraction of sp³-hybridized carbons (Fsp3) is 0.375. The molecule has 2 heterocycles. The molecule has 1 aromatic heterocycles. The van der Waals surface area contributed by atoms with Crippen LogP contribution in [0.2, 0.25) is 0 Å². The van der Waals surface area contributed by atoms with Crippen LogP contribution in [0.1, 0.15) is 22.5 Å². The number of hydrogen-bond acceptors (Lipinski definition) is 5. The van der Waals surface area contributed by atoms with Gasteiger partial charge in [-0.15, -0.1) is 0 Å². The zero-order valence-corrected chi connectivity index (χ0v) is 14.4. The molecule has 0 aliphatic carbocycles. The van der Waals surface area contributed by atoms with Gasteiger partial charge in [-0.05, 0) is 24.6 Å². The molecule has 1 unspecified atom stereocenters. The lowest BCUT2D eigenvalue weighted by Gasteiger charge is -2.12. The van der Waals surface area contributed by atoms with Crippen molar-refractivity contribution in [3.05, 3.63) is 48.0 Å². The summed E-state index contributed by atoms with van der Waals surface area (Å²) in [4.78, 5) is 19.1. The molecule has 25 heavy (non-hydrogen) atoms. The third-order valence-electron chi connectivity index (χ3n) is 3.91. The number of sulfonamides is 1. The average Bonchev–Trinajstić information content (AvgIpc) is 3.29. The number of H-pyrrole nitrogens is 1. The Hall–Kier alpha value is -2.23. The Kier molecular flexibility index (Phi) is 5.47. The monoisotopic (exact) mass is 364 g/mol. The second kappa shape index (κ2) is 7.77. The number of amides is 1. The summed E-state index contributed by atoms with van der Waals surface area (Å²) in [6, 6.07) is 5.97. The number of aromatic amines is 1. The molecule has 9 heteroatoms. The molecule has 1 amide bonds. The van der Waals surface area contributed by atoms with Gasteiger partial charge in [0.05, 0.1) is 23.9 Å². The van der Waals surface area contributed by atoms with E-state index in [-0.39, 0.29) is 23.4 Å². The van der Waals surface area contributed by atoms with Crippen LogP contribution in [0.5, 0.6) is 0 Å². The van der Waals surface area contributed by atoms with E-state index in [0.717, 1.165) is 12.1 Å². The zero-order chi connectivity index (χ0) is 17.7.